The molecule has 170 valence electrons. The number of hydrogen-bond donors (Lipinski definition) is 1. The molecule has 3 aromatic rings. The highest BCUT2D eigenvalue weighted by Gasteiger charge is 2.37. The maximum absolute atomic E-state index is 13.4. The van der Waals surface area contributed by atoms with E-state index in [1.54, 1.807) is 42.5 Å². The van der Waals surface area contributed by atoms with Crippen molar-refractivity contribution in [2.75, 3.05) is 17.6 Å². The van der Waals surface area contributed by atoms with E-state index in [0.717, 1.165) is 9.87 Å². The number of amides is 1. The van der Waals surface area contributed by atoms with Crippen molar-refractivity contribution in [3.63, 3.8) is 0 Å². The van der Waals surface area contributed by atoms with Gasteiger partial charge in [0.15, 0.2) is 17.6 Å². The van der Waals surface area contributed by atoms with Crippen LogP contribution in [0.4, 0.5) is 5.69 Å². The normalized spacial score (nSPS) is 16.6. The molecule has 0 fully saturated rings. The Morgan fingerprint density at radius 3 is 2.58 bits per heavy atom. The van der Waals surface area contributed by atoms with Gasteiger partial charge in [-0.05, 0) is 48.0 Å². The molecule has 0 aromatic heterocycles. The number of carbonyl (C=O) groups is 1. The number of benzene rings is 3. The number of nitrogens with zero attached hydrogens (tertiary/aromatic N) is 1. The van der Waals surface area contributed by atoms with E-state index in [4.69, 9.17) is 25.8 Å². The fourth-order valence-corrected chi connectivity index (χ4v) is 5.32. The molecule has 0 saturated carbocycles. The van der Waals surface area contributed by atoms with Gasteiger partial charge in [-0.3, -0.25) is 9.10 Å². The molecule has 8 nitrogen and oxygen atoms in total. The van der Waals surface area contributed by atoms with Crippen molar-refractivity contribution in [2.24, 2.45) is 0 Å². The molecule has 1 N–H and O–H groups in total. The van der Waals surface area contributed by atoms with Gasteiger partial charge >= 0.3 is 0 Å². The van der Waals surface area contributed by atoms with Crippen LogP contribution in [0.2, 0.25) is 5.02 Å². The maximum Gasteiger partial charge on any atom is 0.264 e. The summed E-state index contributed by atoms with van der Waals surface area (Å²) in [6.45, 7) is 0.183. The third kappa shape index (κ3) is 4.17. The van der Waals surface area contributed by atoms with Crippen LogP contribution in [-0.2, 0) is 21.4 Å². The first-order chi connectivity index (χ1) is 15.9. The van der Waals surface area contributed by atoms with Crippen molar-refractivity contribution >= 4 is 33.2 Å². The summed E-state index contributed by atoms with van der Waals surface area (Å²) in [5, 5.41) is 3.16. The molecule has 0 bridgehead atoms. The van der Waals surface area contributed by atoms with E-state index in [1.807, 2.05) is 6.07 Å². The molecule has 0 saturated heterocycles. The highest BCUT2D eigenvalue weighted by Crippen LogP contribution is 2.39. The summed E-state index contributed by atoms with van der Waals surface area (Å²) in [6.07, 6.45) is -1.05. The van der Waals surface area contributed by atoms with E-state index < -0.39 is 22.0 Å². The molecule has 1 amide bonds. The molecule has 0 aliphatic carbocycles. The second kappa shape index (κ2) is 8.49. The van der Waals surface area contributed by atoms with Crippen molar-refractivity contribution in [3.8, 4) is 17.2 Å². The number of nitrogens with one attached hydrogen (secondary N) is 1. The van der Waals surface area contributed by atoms with Gasteiger partial charge in [0.05, 0.1) is 17.1 Å². The van der Waals surface area contributed by atoms with Crippen molar-refractivity contribution in [3.05, 3.63) is 77.3 Å². The molecule has 2 heterocycles. The van der Waals surface area contributed by atoms with Gasteiger partial charge < -0.3 is 19.5 Å². The number of anilines is 1. The lowest BCUT2D eigenvalue weighted by molar-refractivity contribution is -0.127. The highest BCUT2D eigenvalue weighted by atomic mass is 35.5. The van der Waals surface area contributed by atoms with Gasteiger partial charge in [-0.15, -0.1) is 0 Å². The molecule has 0 unspecified atom stereocenters. The molecule has 1 atom stereocenters. The van der Waals surface area contributed by atoms with Gasteiger partial charge in [0.2, 0.25) is 6.79 Å². The quantitative estimate of drug-likeness (QED) is 0.594. The summed E-state index contributed by atoms with van der Waals surface area (Å²) in [6, 6.07) is 18.1. The van der Waals surface area contributed by atoms with E-state index >= 15 is 0 Å². The van der Waals surface area contributed by atoms with Crippen molar-refractivity contribution in [1.29, 1.82) is 0 Å². The minimum atomic E-state index is -3.95. The smallest absolute Gasteiger partial charge is 0.264 e. The number of ether oxygens (including phenoxy) is 3. The Kier molecular flexibility index (Phi) is 5.51. The third-order valence-electron chi connectivity index (χ3n) is 5.32. The van der Waals surface area contributed by atoms with Crippen LogP contribution in [0, 0.1) is 0 Å². The van der Waals surface area contributed by atoms with Crippen LogP contribution in [0.3, 0.4) is 0 Å². The second-order valence-electron chi connectivity index (χ2n) is 7.47. The maximum atomic E-state index is 13.4. The van der Waals surface area contributed by atoms with E-state index in [2.05, 4.69) is 5.32 Å². The number of fused-ring (bicyclic) bond motifs is 2. The summed E-state index contributed by atoms with van der Waals surface area (Å²) >= 11 is 6.12. The van der Waals surface area contributed by atoms with Crippen LogP contribution < -0.4 is 23.8 Å². The van der Waals surface area contributed by atoms with Crippen molar-refractivity contribution in [1.82, 2.24) is 5.32 Å². The Morgan fingerprint density at radius 1 is 1.00 bits per heavy atom. The summed E-state index contributed by atoms with van der Waals surface area (Å²) in [7, 11) is -3.95. The second-order valence-corrected chi connectivity index (χ2v) is 9.77. The Hall–Kier alpha value is -3.43. The lowest BCUT2D eigenvalue weighted by Crippen LogP contribution is -2.50. The Balaban J connectivity index is 1.39. The fourth-order valence-electron chi connectivity index (χ4n) is 3.66. The minimum Gasteiger partial charge on any atom is -0.476 e. The monoisotopic (exact) mass is 486 g/mol. The Morgan fingerprint density at radius 2 is 1.76 bits per heavy atom. The summed E-state index contributed by atoms with van der Waals surface area (Å²) in [4.78, 5) is 13.1. The number of halogens is 1. The molecular weight excluding hydrogens is 468 g/mol. The first-order valence-corrected chi connectivity index (χ1v) is 11.9. The van der Waals surface area contributed by atoms with Crippen LogP contribution in [0.1, 0.15) is 5.56 Å². The SMILES string of the molecule is O=C(NCc1ccc2c(c1)OCO2)[C@@H]1CN(S(=O)(=O)c2ccccc2)c2cc(Cl)ccc2O1. The van der Waals surface area contributed by atoms with Crippen LogP contribution in [0.25, 0.3) is 0 Å². The van der Waals surface area contributed by atoms with E-state index in [0.29, 0.717) is 16.5 Å². The predicted molar refractivity (Wildman–Crippen MR) is 121 cm³/mol. The van der Waals surface area contributed by atoms with E-state index in [1.165, 1.54) is 18.2 Å². The van der Waals surface area contributed by atoms with Gasteiger partial charge in [-0.2, -0.15) is 0 Å². The van der Waals surface area contributed by atoms with Gasteiger partial charge in [-0.25, -0.2) is 8.42 Å². The zero-order chi connectivity index (χ0) is 23.0. The van der Waals surface area contributed by atoms with Gasteiger partial charge in [-0.1, -0.05) is 35.9 Å². The van der Waals surface area contributed by atoms with Gasteiger partial charge in [0.25, 0.3) is 15.9 Å². The molecular formula is C23H19ClN2O6S. The average Bonchev–Trinajstić information content (AvgIpc) is 3.30. The Labute approximate surface area is 195 Å². The number of rotatable bonds is 5. The standard InChI is InChI=1S/C23H19ClN2O6S/c24-16-7-9-19-18(11-16)26(33(28,29)17-4-2-1-3-5-17)13-22(32-19)23(27)25-12-15-6-8-20-21(10-15)31-14-30-20/h1-11,22H,12-14H2,(H,25,27)/t22-/m0/s1. The topological polar surface area (TPSA) is 94.2 Å². The molecule has 2 aliphatic rings. The number of sulfonamides is 1. The first kappa shape index (κ1) is 21.4. The highest BCUT2D eigenvalue weighted by molar-refractivity contribution is 7.92. The van der Waals surface area contributed by atoms with E-state index in [9.17, 15) is 13.2 Å². The predicted octanol–water partition coefficient (Wildman–Crippen LogP) is 3.34. The third-order valence-corrected chi connectivity index (χ3v) is 7.35. The lowest BCUT2D eigenvalue weighted by Gasteiger charge is -2.34. The zero-order valence-corrected chi connectivity index (χ0v) is 18.8. The van der Waals surface area contributed by atoms with Crippen LogP contribution >= 0.6 is 11.6 Å². The fraction of sp³-hybridized carbons (Fsp3) is 0.174. The molecule has 33 heavy (non-hydrogen) atoms. The first-order valence-electron chi connectivity index (χ1n) is 10.1. The lowest BCUT2D eigenvalue weighted by atomic mass is 10.2. The number of carbonyl (C=O) groups excluding carboxylic acids is 1. The van der Waals surface area contributed by atoms with Crippen LogP contribution in [-0.4, -0.2) is 33.8 Å². The van der Waals surface area contributed by atoms with Crippen LogP contribution in [0.15, 0.2) is 71.6 Å². The summed E-state index contributed by atoms with van der Waals surface area (Å²) in [5.41, 5.74) is 1.09. The van der Waals surface area contributed by atoms with E-state index in [-0.39, 0.29) is 36.2 Å². The van der Waals surface area contributed by atoms with Gasteiger partial charge in [0, 0.05) is 11.6 Å². The Bertz CT molecular complexity index is 1320. The largest absolute Gasteiger partial charge is 0.476 e. The molecule has 3 aromatic carbocycles. The molecule has 5 rings (SSSR count). The molecule has 0 spiro atoms. The zero-order valence-electron chi connectivity index (χ0n) is 17.2. The minimum absolute atomic E-state index is 0.109. The molecule has 2 aliphatic heterocycles. The van der Waals surface area contributed by atoms with Crippen molar-refractivity contribution in [2.45, 2.75) is 17.5 Å². The van der Waals surface area contributed by atoms with Gasteiger partial charge in [0.1, 0.15) is 5.75 Å². The molecule has 10 heteroatoms. The summed E-state index contributed by atoms with van der Waals surface area (Å²) in [5.74, 6) is 1.08. The number of hydrogen-bond acceptors (Lipinski definition) is 6. The molecule has 0 radical (unpaired) electrons. The summed E-state index contributed by atoms with van der Waals surface area (Å²) < 4.78 is 44.4. The average molecular weight is 487 g/mol. The van der Waals surface area contributed by atoms with Crippen molar-refractivity contribution < 1.29 is 27.4 Å². The van der Waals surface area contributed by atoms with Crippen LogP contribution in [0.5, 0.6) is 17.2 Å².